The van der Waals surface area contributed by atoms with Crippen LogP contribution in [0.1, 0.15) is 39.1 Å². The van der Waals surface area contributed by atoms with Crippen LogP contribution in [0.2, 0.25) is 20.1 Å². The van der Waals surface area contributed by atoms with E-state index < -0.39 is 12.1 Å². The van der Waals surface area contributed by atoms with Gasteiger partial charge >= 0.3 is 0 Å². The summed E-state index contributed by atoms with van der Waals surface area (Å²) in [4.78, 5) is 18.1. The van der Waals surface area contributed by atoms with Crippen LogP contribution in [0.4, 0.5) is 0 Å². The molecule has 2 atom stereocenters. The van der Waals surface area contributed by atoms with Crippen molar-refractivity contribution in [3.63, 3.8) is 0 Å². The third-order valence-electron chi connectivity index (χ3n) is 5.40. The summed E-state index contributed by atoms with van der Waals surface area (Å²) in [5.74, 6) is -0.248. The third-order valence-corrected chi connectivity index (χ3v) is 6.41. The number of carbonyl (C=O) groups is 1. The lowest BCUT2D eigenvalue weighted by Gasteiger charge is -2.26. The predicted octanol–water partition coefficient (Wildman–Crippen LogP) is 8.63. The van der Waals surface area contributed by atoms with Gasteiger partial charge in [0, 0.05) is 31.9 Å². The van der Waals surface area contributed by atoms with Crippen LogP contribution < -0.4 is 5.32 Å². The lowest BCUT2D eigenvalue weighted by molar-refractivity contribution is 0.0930. The second-order valence-corrected chi connectivity index (χ2v) is 9.58. The van der Waals surface area contributed by atoms with Crippen LogP contribution in [-0.2, 0) is 0 Å². The predicted molar refractivity (Wildman–Crippen MR) is 146 cm³/mol. The average Bonchev–Trinajstić information content (AvgIpc) is 2.86. The smallest absolute Gasteiger partial charge is 0.251 e. The van der Waals surface area contributed by atoms with Gasteiger partial charge in [0.2, 0.25) is 0 Å². The zero-order chi connectivity index (χ0) is 24.8. The van der Waals surface area contributed by atoms with Gasteiger partial charge in [-0.05, 0) is 77.4 Å². The van der Waals surface area contributed by atoms with Crippen molar-refractivity contribution in [1.82, 2.24) is 5.32 Å². The quantitative estimate of drug-likeness (QED) is 0.234. The Morgan fingerprint density at radius 1 is 0.629 bits per heavy atom. The molecule has 0 aromatic heterocycles. The van der Waals surface area contributed by atoms with Crippen molar-refractivity contribution in [2.45, 2.75) is 12.1 Å². The van der Waals surface area contributed by atoms with Gasteiger partial charge < -0.3 is 5.32 Å². The van der Waals surface area contributed by atoms with Gasteiger partial charge in [-0.2, -0.15) is 0 Å². The van der Waals surface area contributed by atoms with E-state index in [9.17, 15) is 4.79 Å². The van der Waals surface area contributed by atoms with Crippen LogP contribution in [0.25, 0.3) is 0 Å². The molecule has 0 saturated heterocycles. The van der Waals surface area contributed by atoms with Gasteiger partial charge in [-0.15, -0.1) is 0 Å². The van der Waals surface area contributed by atoms with E-state index >= 15 is 0 Å². The summed E-state index contributed by atoms with van der Waals surface area (Å²) in [6.07, 6.45) is 1.77. The highest BCUT2D eigenvalue weighted by atomic mass is 35.5. The molecule has 0 heterocycles. The zero-order valence-corrected chi connectivity index (χ0v) is 21.4. The van der Waals surface area contributed by atoms with E-state index in [0.29, 0.717) is 25.7 Å². The second-order valence-electron chi connectivity index (χ2n) is 7.84. The standard InChI is InChI=1S/C28H20Cl4N2O/c29-22-9-1-18(2-10-22)17-33-26(19-3-11-23(30)12-4-19)27(20-5-13-24(31)14-6-20)34-28(35)21-7-15-25(32)16-8-21/h1-17,26-27H,(H,34,35)/b33-17-. The number of rotatable bonds is 7. The summed E-state index contributed by atoms with van der Waals surface area (Å²) in [6, 6.07) is 27.9. The van der Waals surface area contributed by atoms with Crippen molar-refractivity contribution in [1.29, 1.82) is 0 Å². The molecule has 0 aliphatic rings. The third kappa shape index (κ3) is 6.87. The first-order valence-corrected chi connectivity index (χ1v) is 12.3. The van der Waals surface area contributed by atoms with Crippen molar-refractivity contribution in [2.24, 2.45) is 4.99 Å². The van der Waals surface area contributed by atoms with Crippen molar-refractivity contribution < 1.29 is 4.79 Å². The fraction of sp³-hybridized carbons (Fsp3) is 0.0714. The summed E-state index contributed by atoms with van der Waals surface area (Å²) in [5.41, 5.74) is 3.11. The largest absolute Gasteiger partial charge is 0.343 e. The second kappa shape index (κ2) is 11.7. The molecule has 4 aromatic carbocycles. The Morgan fingerprint density at radius 3 is 1.57 bits per heavy atom. The number of amides is 1. The van der Waals surface area contributed by atoms with Crippen LogP contribution in [-0.4, -0.2) is 12.1 Å². The zero-order valence-electron chi connectivity index (χ0n) is 18.3. The number of nitrogens with zero attached hydrogens (tertiary/aromatic N) is 1. The Morgan fingerprint density at radius 2 is 1.06 bits per heavy atom. The first-order valence-electron chi connectivity index (χ1n) is 10.7. The van der Waals surface area contributed by atoms with Crippen LogP contribution in [0.3, 0.4) is 0 Å². The molecule has 1 N–H and O–H groups in total. The van der Waals surface area contributed by atoms with Gasteiger partial charge in [-0.1, -0.05) is 82.8 Å². The molecular formula is C28H20Cl4N2O. The molecule has 4 aromatic rings. The number of nitrogens with one attached hydrogen (secondary N) is 1. The summed E-state index contributed by atoms with van der Waals surface area (Å²) in [7, 11) is 0. The van der Waals surface area contributed by atoms with E-state index in [0.717, 1.165) is 16.7 Å². The Balaban J connectivity index is 1.76. The minimum absolute atomic E-state index is 0.248. The van der Waals surface area contributed by atoms with Gasteiger partial charge in [0.25, 0.3) is 5.91 Å². The molecule has 4 rings (SSSR count). The fourth-order valence-corrected chi connectivity index (χ4v) is 4.08. The number of carbonyl (C=O) groups excluding carboxylic acids is 1. The maximum atomic E-state index is 13.2. The topological polar surface area (TPSA) is 41.5 Å². The van der Waals surface area contributed by atoms with E-state index in [-0.39, 0.29) is 5.91 Å². The SMILES string of the molecule is O=C(NC(c1ccc(Cl)cc1)C(/N=C\c1ccc(Cl)cc1)c1ccc(Cl)cc1)c1ccc(Cl)cc1. The van der Waals surface area contributed by atoms with Crippen molar-refractivity contribution in [3.05, 3.63) is 139 Å². The molecule has 0 bridgehead atoms. The highest BCUT2D eigenvalue weighted by molar-refractivity contribution is 6.31. The van der Waals surface area contributed by atoms with Crippen LogP contribution in [0, 0.1) is 0 Å². The minimum Gasteiger partial charge on any atom is -0.343 e. The van der Waals surface area contributed by atoms with Gasteiger partial charge in [0.05, 0.1) is 12.1 Å². The summed E-state index contributed by atoms with van der Waals surface area (Å²) >= 11 is 24.3. The van der Waals surface area contributed by atoms with Gasteiger partial charge in [-0.3, -0.25) is 9.79 Å². The highest BCUT2D eigenvalue weighted by Gasteiger charge is 2.26. The minimum atomic E-state index is -0.500. The lowest BCUT2D eigenvalue weighted by atomic mass is 9.93. The van der Waals surface area contributed by atoms with Crippen molar-refractivity contribution in [3.8, 4) is 0 Å². The number of benzene rings is 4. The normalized spacial score (nSPS) is 12.9. The fourth-order valence-electron chi connectivity index (χ4n) is 3.58. The summed E-state index contributed by atoms with van der Waals surface area (Å²) in [5, 5.41) is 5.57. The molecule has 0 aliphatic heterocycles. The molecule has 3 nitrogen and oxygen atoms in total. The lowest BCUT2D eigenvalue weighted by Crippen LogP contribution is -2.32. The summed E-state index contributed by atoms with van der Waals surface area (Å²) < 4.78 is 0. The molecule has 0 radical (unpaired) electrons. The number of aliphatic imine (C=N–C) groups is 1. The molecule has 1 amide bonds. The number of halogens is 4. The molecule has 2 unspecified atom stereocenters. The average molecular weight is 542 g/mol. The van der Waals surface area contributed by atoms with E-state index in [2.05, 4.69) is 5.32 Å². The van der Waals surface area contributed by atoms with Crippen LogP contribution in [0.15, 0.2) is 102 Å². The maximum absolute atomic E-state index is 13.2. The van der Waals surface area contributed by atoms with Crippen LogP contribution in [0.5, 0.6) is 0 Å². The van der Waals surface area contributed by atoms with E-state index in [1.807, 2.05) is 48.5 Å². The van der Waals surface area contributed by atoms with Crippen LogP contribution >= 0.6 is 46.4 Å². The Labute approximate surface area is 224 Å². The molecule has 0 saturated carbocycles. The molecule has 176 valence electrons. The Hall–Kier alpha value is -2.82. The molecule has 0 fully saturated rings. The van der Waals surface area contributed by atoms with Gasteiger partial charge in [0.1, 0.15) is 0 Å². The van der Waals surface area contributed by atoms with Gasteiger partial charge in [0.15, 0.2) is 0 Å². The van der Waals surface area contributed by atoms with E-state index in [1.54, 1.807) is 54.7 Å². The van der Waals surface area contributed by atoms with Crippen molar-refractivity contribution in [2.75, 3.05) is 0 Å². The molecule has 35 heavy (non-hydrogen) atoms. The number of hydrogen-bond acceptors (Lipinski definition) is 2. The first kappa shape index (κ1) is 25.3. The Bertz CT molecular complexity index is 1300. The van der Waals surface area contributed by atoms with Crippen molar-refractivity contribution >= 4 is 58.5 Å². The highest BCUT2D eigenvalue weighted by Crippen LogP contribution is 2.34. The van der Waals surface area contributed by atoms with E-state index in [4.69, 9.17) is 51.4 Å². The monoisotopic (exact) mass is 540 g/mol. The molecular weight excluding hydrogens is 522 g/mol. The first-order chi connectivity index (χ1) is 16.9. The molecule has 0 aliphatic carbocycles. The number of hydrogen-bond donors (Lipinski definition) is 1. The van der Waals surface area contributed by atoms with E-state index in [1.165, 1.54) is 0 Å². The van der Waals surface area contributed by atoms with Gasteiger partial charge in [-0.25, -0.2) is 0 Å². The summed E-state index contributed by atoms with van der Waals surface area (Å²) in [6.45, 7) is 0. The molecule has 7 heteroatoms. The maximum Gasteiger partial charge on any atom is 0.251 e. The molecule has 0 spiro atoms. The Kier molecular flexibility index (Phi) is 8.48.